The Bertz CT molecular complexity index is 1540. The molecule has 2 saturated heterocycles. The Hall–Kier alpha value is -3.38. The molecule has 3 aliphatic rings. The number of benzene rings is 1. The van der Waals surface area contributed by atoms with E-state index in [0.717, 1.165) is 22.2 Å². The number of azo groups is 1. The minimum Gasteiger partial charge on any atom is -0.379 e. The molecule has 12 heteroatoms. The van der Waals surface area contributed by atoms with Crippen LogP contribution in [-0.2, 0) is 16.3 Å². The molecule has 0 unspecified atom stereocenters. The van der Waals surface area contributed by atoms with Crippen LogP contribution in [0.25, 0.3) is 11.2 Å². The van der Waals surface area contributed by atoms with Gasteiger partial charge < -0.3 is 4.74 Å². The number of likely N-dealkylation sites (tertiary alicyclic amines) is 1. The first-order chi connectivity index (χ1) is 18.6. The van der Waals surface area contributed by atoms with E-state index >= 15 is 0 Å². The Balaban J connectivity index is 1.41. The molecular weight excluding hydrogens is 516 g/mol. The Morgan fingerprint density at radius 1 is 1.23 bits per heavy atom. The zero-order chi connectivity index (χ0) is 27.5. The summed E-state index contributed by atoms with van der Waals surface area (Å²) in [5.74, 6) is 0. The third kappa shape index (κ3) is 4.49. The van der Waals surface area contributed by atoms with Gasteiger partial charge in [0.05, 0.1) is 42.1 Å². The van der Waals surface area contributed by atoms with E-state index in [0.29, 0.717) is 43.9 Å². The smallest absolute Gasteiger partial charge is 0.379 e. The Morgan fingerprint density at radius 3 is 2.64 bits per heavy atom. The van der Waals surface area contributed by atoms with Gasteiger partial charge in [0, 0.05) is 43.4 Å². The second kappa shape index (κ2) is 9.37. The molecule has 0 aliphatic carbocycles. The standard InChI is InChI=1S/C27H28F4N6O2/c1-17(35-7-6-20(28)12-35)18-8-22(27(29,30)31)23-13-36(25(38)37(23)11-18)21-5-3-4-19(9-21)26(14-39-15-26)10-24-33-32-16-34(24)2/h3-5,8-9,11,13,16-17,20H,6-7,10,12,14-15H2,1-2H3/q+1/t17-,20+/m1/s1. The van der Waals surface area contributed by atoms with Crippen molar-refractivity contribution in [2.45, 2.75) is 43.6 Å². The molecule has 3 aromatic rings. The van der Waals surface area contributed by atoms with E-state index < -0.39 is 29.6 Å². The molecule has 8 nitrogen and oxygen atoms in total. The van der Waals surface area contributed by atoms with Crippen LogP contribution in [0.15, 0.2) is 57.7 Å². The highest BCUT2D eigenvalue weighted by Crippen LogP contribution is 2.41. The van der Waals surface area contributed by atoms with E-state index in [-0.39, 0.29) is 17.5 Å². The van der Waals surface area contributed by atoms with Crippen LogP contribution in [0.2, 0.25) is 0 Å². The number of hydrogen-bond acceptors (Lipinski definition) is 5. The van der Waals surface area contributed by atoms with Crippen molar-refractivity contribution < 1.29 is 26.9 Å². The number of halogens is 4. The topological polar surface area (TPSA) is 66.6 Å². The van der Waals surface area contributed by atoms with E-state index in [4.69, 9.17) is 4.74 Å². The van der Waals surface area contributed by atoms with Crippen LogP contribution in [0.4, 0.5) is 17.6 Å². The van der Waals surface area contributed by atoms with Crippen molar-refractivity contribution in [3.63, 3.8) is 0 Å². The zero-order valence-corrected chi connectivity index (χ0v) is 21.5. The number of aromatic nitrogens is 2. The highest BCUT2D eigenvalue weighted by atomic mass is 19.4. The van der Waals surface area contributed by atoms with Crippen molar-refractivity contribution >= 4 is 11.9 Å². The highest BCUT2D eigenvalue weighted by Gasteiger charge is 2.46. The van der Waals surface area contributed by atoms with Gasteiger partial charge in [-0.15, -0.1) is 0 Å². The summed E-state index contributed by atoms with van der Waals surface area (Å²) in [6.45, 7) is 3.24. The van der Waals surface area contributed by atoms with Crippen LogP contribution in [0.5, 0.6) is 0 Å². The van der Waals surface area contributed by atoms with E-state index in [9.17, 15) is 22.4 Å². The molecule has 1 radical (unpaired) electrons. The molecule has 39 heavy (non-hydrogen) atoms. The fourth-order valence-electron chi connectivity index (χ4n) is 5.63. The summed E-state index contributed by atoms with van der Waals surface area (Å²) in [6.07, 6.45) is 0.300. The lowest BCUT2D eigenvalue weighted by atomic mass is 9.75. The average molecular weight is 545 g/mol. The molecule has 0 amide bonds. The molecule has 0 saturated carbocycles. The van der Waals surface area contributed by atoms with Gasteiger partial charge in [-0.2, -0.15) is 13.2 Å². The normalized spacial score (nSPS) is 22.4. The van der Waals surface area contributed by atoms with E-state index in [1.165, 1.54) is 17.0 Å². The zero-order valence-electron chi connectivity index (χ0n) is 21.5. The van der Waals surface area contributed by atoms with Crippen LogP contribution in [0.1, 0.15) is 42.5 Å². The average Bonchev–Trinajstić information content (AvgIpc) is 3.58. The maximum atomic E-state index is 14.2. The molecule has 1 aromatic carbocycles. The second-order valence-electron chi connectivity index (χ2n) is 10.6. The maximum Gasteiger partial charge on any atom is 0.418 e. The number of fused-ring (bicyclic) bond motifs is 1. The lowest BCUT2D eigenvalue weighted by Crippen LogP contribution is -2.48. The third-order valence-electron chi connectivity index (χ3n) is 8.08. The van der Waals surface area contributed by atoms with E-state index in [1.54, 1.807) is 30.3 Å². The number of pyridine rings is 1. The Kier molecular flexibility index (Phi) is 6.22. The van der Waals surface area contributed by atoms with Crippen molar-refractivity contribution in [1.29, 1.82) is 0 Å². The van der Waals surface area contributed by atoms with Gasteiger partial charge in [0.2, 0.25) is 0 Å². The van der Waals surface area contributed by atoms with Crippen LogP contribution in [-0.4, -0.2) is 64.3 Å². The molecule has 5 heterocycles. The van der Waals surface area contributed by atoms with E-state index in [2.05, 4.69) is 10.2 Å². The maximum absolute atomic E-state index is 14.2. The summed E-state index contributed by atoms with van der Waals surface area (Å²) < 4.78 is 66.1. The van der Waals surface area contributed by atoms with Gasteiger partial charge >= 0.3 is 24.4 Å². The number of nitrogens with zero attached hydrogens (tertiary/aromatic N) is 6. The van der Waals surface area contributed by atoms with Crippen molar-refractivity contribution in [2.75, 3.05) is 33.4 Å². The van der Waals surface area contributed by atoms with Crippen molar-refractivity contribution in [3.8, 4) is 5.69 Å². The highest BCUT2D eigenvalue weighted by molar-refractivity contribution is 5.58. The van der Waals surface area contributed by atoms with Crippen molar-refractivity contribution in [1.82, 2.24) is 13.9 Å². The molecular formula is C27H28F4N6O2+. The first-order valence-electron chi connectivity index (χ1n) is 12.8. The quantitative estimate of drug-likeness (QED) is 0.339. The van der Waals surface area contributed by atoms with Gasteiger partial charge in [-0.25, -0.2) is 13.8 Å². The minimum atomic E-state index is -4.68. The first-order valence-corrected chi connectivity index (χ1v) is 12.8. The predicted octanol–water partition coefficient (Wildman–Crippen LogP) is 4.50. The van der Waals surface area contributed by atoms with Gasteiger partial charge in [-0.1, -0.05) is 12.1 Å². The van der Waals surface area contributed by atoms with Crippen LogP contribution >= 0.6 is 0 Å². The Labute approximate surface area is 221 Å². The summed E-state index contributed by atoms with van der Waals surface area (Å²) in [6, 6.07) is 7.83. The molecule has 2 fully saturated rings. The summed E-state index contributed by atoms with van der Waals surface area (Å²) >= 11 is 0. The largest absolute Gasteiger partial charge is 0.418 e. The molecule has 3 aliphatic heterocycles. The summed E-state index contributed by atoms with van der Waals surface area (Å²) in [5.41, 5.74) is -0.473. The summed E-state index contributed by atoms with van der Waals surface area (Å²) in [7, 11) is 1.86. The number of hydrogen-bond donors (Lipinski definition) is 0. The lowest BCUT2D eigenvalue weighted by Gasteiger charge is -2.42. The van der Waals surface area contributed by atoms with E-state index in [1.807, 2.05) is 23.8 Å². The van der Waals surface area contributed by atoms with Crippen LogP contribution < -0.4 is 5.69 Å². The van der Waals surface area contributed by atoms with Crippen LogP contribution in [0.3, 0.4) is 0 Å². The molecule has 0 spiro atoms. The Morgan fingerprint density at radius 2 is 2.03 bits per heavy atom. The predicted molar refractivity (Wildman–Crippen MR) is 135 cm³/mol. The van der Waals surface area contributed by atoms with Gasteiger partial charge in [0.15, 0.2) is 0 Å². The molecule has 205 valence electrons. The number of imidazole rings is 1. The molecule has 0 bridgehead atoms. The van der Waals surface area contributed by atoms with Gasteiger partial charge in [0.1, 0.15) is 6.17 Å². The SMILES string of the molecule is C[C@H](c1cc(C(F)(F)F)c2cn(-c3cccc(C4(C[C]5N=NC=[N+]5C)COC4)c3)c(=O)n2c1)N1CC[C@H](F)C1. The van der Waals surface area contributed by atoms with Crippen LogP contribution in [0, 0.1) is 6.17 Å². The lowest BCUT2D eigenvalue weighted by molar-refractivity contribution is -0.478. The van der Waals surface area contributed by atoms with Gasteiger partial charge in [0.25, 0.3) is 0 Å². The minimum absolute atomic E-state index is 0.156. The number of ether oxygens (including phenoxy) is 1. The third-order valence-corrected chi connectivity index (χ3v) is 8.08. The number of rotatable bonds is 6. The fourth-order valence-corrected chi connectivity index (χ4v) is 5.63. The monoisotopic (exact) mass is 544 g/mol. The second-order valence-corrected chi connectivity index (χ2v) is 10.6. The molecule has 2 atom stereocenters. The van der Waals surface area contributed by atoms with Gasteiger partial charge in [-0.05, 0) is 47.8 Å². The summed E-state index contributed by atoms with van der Waals surface area (Å²) in [4.78, 5) is 15.3. The fraction of sp³-hybridized carbons (Fsp3) is 0.444. The first kappa shape index (κ1) is 25.9. The molecule has 2 aromatic heterocycles. The molecule has 0 N–H and O–H groups in total. The van der Waals surface area contributed by atoms with Crippen molar-refractivity contribution in [3.05, 3.63) is 76.1 Å². The number of alkyl halides is 4. The molecule has 6 rings (SSSR count). The van der Waals surface area contributed by atoms with Gasteiger partial charge in [-0.3, -0.25) is 13.9 Å². The summed E-state index contributed by atoms with van der Waals surface area (Å²) in [5, 5.41) is 8.13. The van der Waals surface area contributed by atoms with Crippen molar-refractivity contribution in [2.24, 2.45) is 10.2 Å².